The van der Waals surface area contributed by atoms with Gasteiger partial charge in [-0.25, -0.2) is 0 Å². The largest absolute Gasteiger partial charge is 1.00 e. The van der Waals surface area contributed by atoms with Crippen molar-refractivity contribution in [1.82, 2.24) is 4.58 Å². The van der Waals surface area contributed by atoms with Crippen LogP contribution in [0, 0.1) is 0 Å². The molecule has 0 bridgehead atoms. The molecule has 0 saturated carbocycles. The number of para-hydroxylation sites is 2. The highest BCUT2D eigenvalue weighted by Gasteiger charge is 2.20. The number of fused-ring (bicyclic) bond motifs is 2. The lowest BCUT2D eigenvalue weighted by atomic mass is 10.3. The fourth-order valence-electron chi connectivity index (χ4n) is 1.55. The molecule has 0 radical (unpaired) electrons. The van der Waals surface area contributed by atoms with Gasteiger partial charge < -0.3 is 24.0 Å². The van der Waals surface area contributed by atoms with Crippen LogP contribution in [-0.2, 0) is 0 Å². The standard InChI is InChI=1S/C10H7N2.HI/c1-2-5-9-8(4-1)11-10-6-3-7-12(9)10;/h1-7H;1H/q+1;/p-1. The van der Waals surface area contributed by atoms with Crippen LogP contribution in [0.15, 0.2) is 53.4 Å². The lowest BCUT2D eigenvalue weighted by Gasteiger charge is -1.83. The summed E-state index contributed by atoms with van der Waals surface area (Å²) in [5.74, 6) is 1.02. The van der Waals surface area contributed by atoms with Crippen LogP contribution in [0.3, 0.4) is 0 Å². The van der Waals surface area contributed by atoms with Gasteiger partial charge in [-0.1, -0.05) is 12.1 Å². The van der Waals surface area contributed by atoms with Crippen molar-refractivity contribution in [3.8, 4) is 0 Å². The monoisotopic (exact) mass is 282 g/mol. The SMILES string of the molecule is C1=C[N+]2=c3ccccc3=NC2=C1.[I-]. The van der Waals surface area contributed by atoms with Crippen LogP contribution in [0.2, 0.25) is 0 Å². The predicted molar refractivity (Wildman–Crippen MR) is 45.7 cm³/mol. The molecular formula is C10H7IN2. The van der Waals surface area contributed by atoms with E-state index in [0.717, 1.165) is 11.2 Å². The predicted octanol–water partition coefficient (Wildman–Crippen LogP) is -2.82. The van der Waals surface area contributed by atoms with Crippen LogP contribution < -0.4 is 39.3 Å². The van der Waals surface area contributed by atoms with Crippen molar-refractivity contribution in [2.75, 3.05) is 0 Å². The number of halogens is 1. The van der Waals surface area contributed by atoms with E-state index < -0.39 is 0 Å². The van der Waals surface area contributed by atoms with Crippen molar-refractivity contribution in [2.45, 2.75) is 0 Å². The first-order chi connectivity index (χ1) is 5.95. The van der Waals surface area contributed by atoms with Crippen LogP contribution in [0.5, 0.6) is 0 Å². The molecule has 2 nitrogen and oxygen atoms in total. The second-order valence-corrected chi connectivity index (χ2v) is 2.84. The van der Waals surface area contributed by atoms with Crippen molar-refractivity contribution >= 4 is 0 Å². The molecule has 0 unspecified atom stereocenters. The third kappa shape index (κ3) is 1.14. The van der Waals surface area contributed by atoms with Gasteiger partial charge in [-0.3, -0.25) is 0 Å². The molecule has 0 saturated heterocycles. The van der Waals surface area contributed by atoms with Crippen molar-refractivity contribution in [1.29, 1.82) is 0 Å². The van der Waals surface area contributed by atoms with E-state index in [0.29, 0.717) is 0 Å². The van der Waals surface area contributed by atoms with Crippen LogP contribution in [0.4, 0.5) is 0 Å². The summed E-state index contributed by atoms with van der Waals surface area (Å²) >= 11 is 0. The highest BCUT2D eigenvalue weighted by molar-refractivity contribution is 5.26. The molecule has 2 heterocycles. The fourth-order valence-corrected chi connectivity index (χ4v) is 1.55. The number of nitrogens with zero attached hydrogens (tertiary/aromatic N) is 2. The first-order valence-corrected chi connectivity index (χ1v) is 3.94. The van der Waals surface area contributed by atoms with Gasteiger partial charge in [-0.15, -0.1) is 0 Å². The lowest BCUT2D eigenvalue weighted by Crippen LogP contribution is -3.00. The molecular weight excluding hydrogens is 275 g/mol. The summed E-state index contributed by atoms with van der Waals surface area (Å²) in [6.07, 6.45) is 6.06. The molecule has 3 rings (SSSR count). The van der Waals surface area contributed by atoms with Gasteiger partial charge in [0.25, 0.3) is 0 Å². The lowest BCUT2D eigenvalue weighted by molar-refractivity contribution is -0.00000240. The molecule has 0 amide bonds. The smallest absolute Gasteiger partial charge is 0.329 e. The minimum Gasteiger partial charge on any atom is -1.00 e. The summed E-state index contributed by atoms with van der Waals surface area (Å²) in [4.78, 5) is 4.44. The normalized spacial score (nSPS) is 15.7. The number of allylic oxidation sites excluding steroid dienone is 2. The van der Waals surface area contributed by atoms with Crippen molar-refractivity contribution in [2.24, 2.45) is 4.99 Å². The first-order valence-electron chi connectivity index (χ1n) is 3.94. The van der Waals surface area contributed by atoms with Gasteiger partial charge in [0.15, 0.2) is 5.36 Å². The molecule has 1 aromatic rings. The molecule has 0 aromatic heterocycles. The average molecular weight is 282 g/mol. The first kappa shape index (κ1) is 8.62. The molecule has 0 aliphatic carbocycles. The third-order valence-corrected chi connectivity index (χ3v) is 2.10. The van der Waals surface area contributed by atoms with Gasteiger partial charge in [-0.05, 0) is 23.2 Å². The van der Waals surface area contributed by atoms with E-state index in [1.165, 1.54) is 5.36 Å². The van der Waals surface area contributed by atoms with Gasteiger partial charge in [-0.2, -0.15) is 4.58 Å². The van der Waals surface area contributed by atoms with Crippen molar-refractivity contribution < 1.29 is 24.0 Å². The molecule has 2 aliphatic heterocycles. The van der Waals surface area contributed by atoms with E-state index in [1.54, 1.807) is 0 Å². The van der Waals surface area contributed by atoms with Gasteiger partial charge >= 0.3 is 5.82 Å². The van der Waals surface area contributed by atoms with Gasteiger partial charge in [0.05, 0.1) is 6.20 Å². The van der Waals surface area contributed by atoms with Gasteiger partial charge in [0.1, 0.15) is 0 Å². The molecule has 13 heavy (non-hydrogen) atoms. The zero-order valence-corrected chi connectivity index (χ0v) is 8.97. The second kappa shape index (κ2) is 3.06. The topological polar surface area (TPSA) is 15.4 Å². The van der Waals surface area contributed by atoms with Crippen LogP contribution in [0.25, 0.3) is 0 Å². The number of hydrogen-bond acceptors (Lipinski definition) is 1. The Bertz CT molecular complexity index is 526. The van der Waals surface area contributed by atoms with E-state index in [2.05, 4.69) is 15.6 Å². The molecule has 0 spiro atoms. The molecule has 0 atom stereocenters. The van der Waals surface area contributed by atoms with Crippen molar-refractivity contribution in [3.05, 3.63) is 59.2 Å². The molecule has 64 valence electrons. The molecule has 1 aromatic carbocycles. The summed E-state index contributed by atoms with van der Waals surface area (Å²) in [5.41, 5.74) is 0. The molecule has 3 heteroatoms. The highest BCUT2D eigenvalue weighted by atomic mass is 127. The molecule has 0 fully saturated rings. The maximum absolute atomic E-state index is 4.44. The van der Waals surface area contributed by atoms with Crippen molar-refractivity contribution in [3.63, 3.8) is 0 Å². The highest BCUT2D eigenvalue weighted by Crippen LogP contribution is 2.05. The molecule has 0 N–H and O–H groups in total. The average Bonchev–Trinajstić information content (AvgIpc) is 2.62. The number of benzene rings is 1. The van der Waals surface area contributed by atoms with Crippen LogP contribution in [0.1, 0.15) is 0 Å². The Balaban J connectivity index is 0.000000653. The minimum atomic E-state index is 0. The third-order valence-electron chi connectivity index (χ3n) is 2.10. The zero-order chi connectivity index (χ0) is 7.97. The van der Waals surface area contributed by atoms with Crippen LogP contribution >= 0.6 is 0 Å². The summed E-state index contributed by atoms with van der Waals surface area (Å²) in [6, 6.07) is 8.15. The quantitative estimate of drug-likeness (QED) is 0.360. The second-order valence-electron chi connectivity index (χ2n) is 2.84. The number of rotatable bonds is 0. The maximum Gasteiger partial charge on any atom is 0.329 e. The Labute approximate surface area is 92.6 Å². The van der Waals surface area contributed by atoms with Gasteiger partial charge in [0.2, 0.25) is 5.36 Å². The Morgan fingerprint density at radius 1 is 1.15 bits per heavy atom. The Hall–Kier alpha value is -0.970. The zero-order valence-electron chi connectivity index (χ0n) is 6.81. The van der Waals surface area contributed by atoms with E-state index in [1.807, 2.05) is 36.6 Å². The summed E-state index contributed by atoms with van der Waals surface area (Å²) in [6.45, 7) is 0. The Morgan fingerprint density at radius 3 is 2.92 bits per heavy atom. The fraction of sp³-hybridized carbons (Fsp3) is 0. The Morgan fingerprint density at radius 2 is 2.00 bits per heavy atom. The summed E-state index contributed by atoms with van der Waals surface area (Å²) in [5, 5.41) is 2.24. The van der Waals surface area contributed by atoms with Crippen LogP contribution in [-0.4, -0.2) is 0 Å². The summed E-state index contributed by atoms with van der Waals surface area (Å²) < 4.78 is 2.09. The summed E-state index contributed by atoms with van der Waals surface area (Å²) in [7, 11) is 0. The van der Waals surface area contributed by atoms with E-state index in [9.17, 15) is 0 Å². The van der Waals surface area contributed by atoms with E-state index in [-0.39, 0.29) is 24.0 Å². The molecule has 2 aliphatic rings. The minimum absolute atomic E-state index is 0. The number of hydrogen-bond donors (Lipinski definition) is 0. The Kier molecular flexibility index (Phi) is 2.03. The van der Waals surface area contributed by atoms with Gasteiger partial charge in [0, 0.05) is 6.08 Å². The van der Waals surface area contributed by atoms with E-state index in [4.69, 9.17) is 0 Å². The van der Waals surface area contributed by atoms with E-state index >= 15 is 0 Å². The maximum atomic E-state index is 4.44.